The fraction of sp³-hybridized carbons (Fsp3) is 0.143. The number of carbonyl (C=O) groups excluding carboxylic acids is 1. The summed E-state index contributed by atoms with van der Waals surface area (Å²) in [6.07, 6.45) is 3.19. The highest BCUT2D eigenvalue weighted by Crippen LogP contribution is 2.19. The van der Waals surface area contributed by atoms with Gasteiger partial charge in [-0.3, -0.25) is 9.78 Å². The van der Waals surface area contributed by atoms with E-state index in [2.05, 4.69) is 35.5 Å². The van der Waals surface area contributed by atoms with E-state index in [-0.39, 0.29) is 11.7 Å². The molecule has 0 spiro atoms. The predicted octanol–water partition coefficient (Wildman–Crippen LogP) is 4.51. The summed E-state index contributed by atoms with van der Waals surface area (Å²) in [6, 6.07) is 13.9. The normalized spacial score (nSPS) is 10.4. The Kier molecular flexibility index (Phi) is 5.27. The van der Waals surface area contributed by atoms with Crippen LogP contribution in [0.25, 0.3) is 0 Å². The van der Waals surface area contributed by atoms with E-state index in [0.29, 0.717) is 12.1 Å². The molecule has 0 aliphatic carbocycles. The zero-order valence-electron chi connectivity index (χ0n) is 14.7. The van der Waals surface area contributed by atoms with Crippen molar-refractivity contribution in [2.45, 2.75) is 20.4 Å². The van der Waals surface area contributed by atoms with Crippen molar-refractivity contribution in [2.75, 3.05) is 5.32 Å². The zero-order chi connectivity index (χ0) is 18.5. The third-order valence-corrected chi connectivity index (χ3v) is 4.16. The molecule has 3 rings (SSSR count). The standard InChI is InChI=1S/C21H20FN3O/c1-14-3-8-19(9-15(14)2)25-20-10-17(12-23-13-20)21(26)24-11-16-4-6-18(22)7-5-16/h3-10,12-13,25H,11H2,1-2H3,(H,24,26). The fourth-order valence-electron chi connectivity index (χ4n) is 2.50. The average Bonchev–Trinajstić information content (AvgIpc) is 2.64. The summed E-state index contributed by atoms with van der Waals surface area (Å²) in [5.74, 6) is -0.528. The van der Waals surface area contributed by atoms with Crippen molar-refractivity contribution in [1.82, 2.24) is 10.3 Å². The van der Waals surface area contributed by atoms with Crippen molar-refractivity contribution in [1.29, 1.82) is 0 Å². The van der Waals surface area contributed by atoms with Crippen molar-refractivity contribution in [3.8, 4) is 0 Å². The van der Waals surface area contributed by atoms with Crippen molar-refractivity contribution in [3.05, 3.63) is 89.0 Å². The van der Waals surface area contributed by atoms with Gasteiger partial charge in [-0.25, -0.2) is 4.39 Å². The number of aromatic nitrogens is 1. The quantitative estimate of drug-likeness (QED) is 0.712. The second kappa shape index (κ2) is 7.78. The Morgan fingerprint density at radius 1 is 0.962 bits per heavy atom. The van der Waals surface area contributed by atoms with E-state index in [1.54, 1.807) is 24.4 Å². The molecular weight excluding hydrogens is 329 g/mol. The number of carbonyl (C=O) groups is 1. The van der Waals surface area contributed by atoms with Gasteiger partial charge in [-0.1, -0.05) is 18.2 Å². The number of amides is 1. The molecule has 0 radical (unpaired) electrons. The van der Waals surface area contributed by atoms with E-state index >= 15 is 0 Å². The Bertz CT molecular complexity index is 923. The van der Waals surface area contributed by atoms with Gasteiger partial charge in [-0.05, 0) is 60.9 Å². The maximum atomic E-state index is 12.9. The van der Waals surface area contributed by atoms with Gasteiger partial charge >= 0.3 is 0 Å². The molecule has 0 bridgehead atoms. The number of hydrogen-bond donors (Lipinski definition) is 2. The van der Waals surface area contributed by atoms with Gasteiger partial charge in [-0.2, -0.15) is 0 Å². The molecule has 132 valence electrons. The number of benzene rings is 2. The second-order valence-corrected chi connectivity index (χ2v) is 6.20. The molecule has 0 unspecified atom stereocenters. The first-order chi connectivity index (χ1) is 12.5. The number of nitrogens with one attached hydrogen (secondary N) is 2. The largest absolute Gasteiger partial charge is 0.354 e. The molecule has 0 atom stereocenters. The van der Waals surface area contributed by atoms with Gasteiger partial charge in [0.15, 0.2) is 0 Å². The minimum Gasteiger partial charge on any atom is -0.354 e. The summed E-state index contributed by atoms with van der Waals surface area (Å²) >= 11 is 0. The highest BCUT2D eigenvalue weighted by molar-refractivity contribution is 5.94. The van der Waals surface area contributed by atoms with Crippen LogP contribution < -0.4 is 10.6 Å². The molecule has 0 saturated heterocycles. The number of halogens is 1. The number of anilines is 2. The average molecular weight is 349 g/mol. The molecule has 2 aromatic carbocycles. The van der Waals surface area contributed by atoms with E-state index < -0.39 is 0 Å². The molecule has 1 aromatic heterocycles. The predicted molar refractivity (Wildman–Crippen MR) is 101 cm³/mol. The fourth-order valence-corrected chi connectivity index (χ4v) is 2.50. The van der Waals surface area contributed by atoms with Crippen molar-refractivity contribution in [2.24, 2.45) is 0 Å². The molecule has 5 heteroatoms. The third-order valence-electron chi connectivity index (χ3n) is 4.16. The Balaban J connectivity index is 1.66. The van der Waals surface area contributed by atoms with Gasteiger partial charge in [0.25, 0.3) is 5.91 Å². The molecule has 0 saturated carbocycles. The molecule has 0 fully saturated rings. The first-order valence-corrected chi connectivity index (χ1v) is 8.33. The summed E-state index contributed by atoms with van der Waals surface area (Å²) in [6.45, 7) is 4.44. The van der Waals surface area contributed by atoms with Crippen molar-refractivity contribution < 1.29 is 9.18 Å². The van der Waals surface area contributed by atoms with Crippen LogP contribution in [0.4, 0.5) is 15.8 Å². The lowest BCUT2D eigenvalue weighted by Gasteiger charge is -2.10. The minimum absolute atomic E-state index is 0.231. The Labute approximate surface area is 152 Å². The van der Waals surface area contributed by atoms with E-state index in [0.717, 1.165) is 16.9 Å². The first kappa shape index (κ1) is 17.6. The number of nitrogens with zero attached hydrogens (tertiary/aromatic N) is 1. The summed E-state index contributed by atoms with van der Waals surface area (Å²) in [5.41, 5.74) is 5.39. The molecule has 0 aliphatic rings. The Hall–Kier alpha value is -3.21. The van der Waals surface area contributed by atoms with Crippen LogP contribution in [0.3, 0.4) is 0 Å². The SMILES string of the molecule is Cc1ccc(Nc2cncc(C(=O)NCc3ccc(F)cc3)c2)cc1C. The number of pyridine rings is 1. The maximum Gasteiger partial charge on any atom is 0.253 e. The molecule has 26 heavy (non-hydrogen) atoms. The number of aryl methyl sites for hydroxylation is 2. The Morgan fingerprint density at radius 2 is 1.73 bits per heavy atom. The molecular formula is C21H20FN3O. The lowest BCUT2D eigenvalue weighted by atomic mass is 10.1. The molecule has 0 aliphatic heterocycles. The van der Waals surface area contributed by atoms with Crippen LogP contribution in [0, 0.1) is 19.7 Å². The van der Waals surface area contributed by atoms with E-state index in [4.69, 9.17) is 0 Å². The van der Waals surface area contributed by atoms with Gasteiger partial charge in [0.1, 0.15) is 5.82 Å². The number of hydrogen-bond acceptors (Lipinski definition) is 3. The van der Waals surface area contributed by atoms with Gasteiger partial charge < -0.3 is 10.6 Å². The smallest absolute Gasteiger partial charge is 0.253 e. The van der Waals surface area contributed by atoms with Crippen LogP contribution in [0.1, 0.15) is 27.0 Å². The topological polar surface area (TPSA) is 54.0 Å². The van der Waals surface area contributed by atoms with E-state index in [1.165, 1.54) is 29.5 Å². The lowest BCUT2D eigenvalue weighted by molar-refractivity contribution is 0.0950. The van der Waals surface area contributed by atoms with Crippen molar-refractivity contribution in [3.63, 3.8) is 0 Å². The maximum absolute atomic E-state index is 12.9. The summed E-state index contributed by atoms with van der Waals surface area (Å²) in [7, 11) is 0. The zero-order valence-corrected chi connectivity index (χ0v) is 14.7. The van der Waals surface area contributed by atoms with Crippen LogP contribution in [0.5, 0.6) is 0 Å². The van der Waals surface area contributed by atoms with E-state index in [9.17, 15) is 9.18 Å². The molecule has 1 heterocycles. The molecule has 4 nitrogen and oxygen atoms in total. The monoisotopic (exact) mass is 349 g/mol. The second-order valence-electron chi connectivity index (χ2n) is 6.20. The van der Waals surface area contributed by atoms with Crippen LogP contribution >= 0.6 is 0 Å². The third kappa shape index (κ3) is 4.45. The van der Waals surface area contributed by atoms with Gasteiger partial charge in [0.2, 0.25) is 0 Å². The van der Waals surface area contributed by atoms with E-state index in [1.807, 2.05) is 12.1 Å². The Morgan fingerprint density at radius 3 is 2.46 bits per heavy atom. The first-order valence-electron chi connectivity index (χ1n) is 8.33. The van der Waals surface area contributed by atoms with Crippen LogP contribution in [-0.4, -0.2) is 10.9 Å². The molecule has 1 amide bonds. The molecule has 3 aromatic rings. The van der Waals surface area contributed by atoms with Crippen LogP contribution in [0.2, 0.25) is 0 Å². The number of rotatable bonds is 5. The summed E-state index contributed by atoms with van der Waals surface area (Å²) in [4.78, 5) is 16.5. The van der Waals surface area contributed by atoms with Gasteiger partial charge in [-0.15, -0.1) is 0 Å². The van der Waals surface area contributed by atoms with Gasteiger partial charge in [0.05, 0.1) is 17.4 Å². The minimum atomic E-state index is -0.297. The molecule has 2 N–H and O–H groups in total. The van der Waals surface area contributed by atoms with Gasteiger partial charge in [0, 0.05) is 18.4 Å². The van der Waals surface area contributed by atoms with Crippen molar-refractivity contribution >= 4 is 17.3 Å². The summed E-state index contributed by atoms with van der Waals surface area (Å²) in [5, 5.41) is 6.08. The summed E-state index contributed by atoms with van der Waals surface area (Å²) < 4.78 is 12.9. The highest BCUT2D eigenvalue weighted by Gasteiger charge is 2.07. The van der Waals surface area contributed by atoms with Crippen LogP contribution in [-0.2, 0) is 6.54 Å². The highest BCUT2D eigenvalue weighted by atomic mass is 19.1. The lowest BCUT2D eigenvalue weighted by Crippen LogP contribution is -2.23. The van der Waals surface area contributed by atoms with Crippen LogP contribution in [0.15, 0.2) is 60.9 Å².